The van der Waals surface area contributed by atoms with Crippen molar-refractivity contribution in [3.63, 3.8) is 0 Å². The largest absolute Gasteiger partial charge is 0.497 e. The second-order valence-electron chi connectivity index (χ2n) is 11.9. The van der Waals surface area contributed by atoms with Gasteiger partial charge in [0.1, 0.15) is 24.2 Å². The Bertz CT molecular complexity index is 1760. The number of benzene rings is 4. The summed E-state index contributed by atoms with van der Waals surface area (Å²) in [5.41, 5.74) is 2.55. The standard InChI is InChI=1S/C37H40FN3O5S/c1-27-15-21-34(22-16-27)47(44,45)41(32-13-8-14-33(24-32)46-2)26-36(42)40(25-29-17-19-30(38)20-18-29)35(23-28-9-4-3-5-10-28)37(43)39-31-11-6-7-12-31/h3-5,8-10,13-22,24,31,35H,6-7,11-12,23,25-26H2,1-2H3,(H,39,43). The first-order chi connectivity index (χ1) is 22.6. The highest BCUT2D eigenvalue weighted by Crippen LogP contribution is 2.28. The van der Waals surface area contributed by atoms with Crippen LogP contribution in [0.15, 0.2) is 108 Å². The van der Waals surface area contributed by atoms with Crippen molar-refractivity contribution < 1.29 is 27.1 Å². The maximum absolute atomic E-state index is 14.6. The van der Waals surface area contributed by atoms with Crippen LogP contribution in [0.3, 0.4) is 0 Å². The van der Waals surface area contributed by atoms with E-state index in [0.29, 0.717) is 11.3 Å². The smallest absolute Gasteiger partial charge is 0.264 e. The van der Waals surface area contributed by atoms with Crippen LogP contribution >= 0.6 is 0 Å². The molecule has 1 saturated carbocycles. The molecule has 0 radical (unpaired) electrons. The summed E-state index contributed by atoms with van der Waals surface area (Å²) in [4.78, 5) is 30.1. The van der Waals surface area contributed by atoms with Crippen LogP contribution in [0.25, 0.3) is 0 Å². The summed E-state index contributed by atoms with van der Waals surface area (Å²) < 4.78 is 48.8. The van der Waals surface area contributed by atoms with E-state index in [-0.39, 0.29) is 35.5 Å². The average Bonchev–Trinajstić information content (AvgIpc) is 3.59. The lowest BCUT2D eigenvalue weighted by Gasteiger charge is -2.34. The maximum atomic E-state index is 14.6. The van der Waals surface area contributed by atoms with E-state index in [1.54, 1.807) is 48.5 Å². The van der Waals surface area contributed by atoms with Gasteiger partial charge in [0.25, 0.3) is 10.0 Å². The minimum atomic E-state index is -4.25. The number of aryl methyl sites for hydroxylation is 1. The second kappa shape index (κ2) is 15.3. The number of anilines is 1. The minimum Gasteiger partial charge on any atom is -0.497 e. The van der Waals surface area contributed by atoms with Gasteiger partial charge in [-0.15, -0.1) is 0 Å². The molecule has 1 aliphatic rings. The fourth-order valence-electron chi connectivity index (χ4n) is 5.84. The Morgan fingerprint density at radius 1 is 0.894 bits per heavy atom. The summed E-state index contributed by atoms with van der Waals surface area (Å²) in [6, 6.07) is 27.0. The fraction of sp³-hybridized carbons (Fsp3) is 0.297. The number of hydrogen-bond acceptors (Lipinski definition) is 5. The van der Waals surface area contributed by atoms with Crippen molar-refractivity contribution in [3.8, 4) is 5.75 Å². The first-order valence-electron chi connectivity index (χ1n) is 15.8. The van der Waals surface area contributed by atoms with Crippen molar-refractivity contribution in [1.29, 1.82) is 0 Å². The van der Waals surface area contributed by atoms with Crippen LogP contribution in [0.4, 0.5) is 10.1 Å². The molecule has 8 nitrogen and oxygen atoms in total. The lowest BCUT2D eigenvalue weighted by molar-refractivity contribution is -0.140. The molecule has 0 spiro atoms. The molecular weight excluding hydrogens is 617 g/mol. The first-order valence-corrected chi connectivity index (χ1v) is 17.2. The van der Waals surface area contributed by atoms with E-state index < -0.39 is 34.3 Å². The zero-order chi connectivity index (χ0) is 33.4. The molecule has 1 fully saturated rings. The molecule has 0 heterocycles. The number of nitrogens with one attached hydrogen (secondary N) is 1. The van der Waals surface area contributed by atoms with Gasteiger partial charge in [0.15, 0.2) is 0 Å². The number of amides is 2. The molecule has 4 aromatic rings. The van der Waals surface area contributed by atoms with Crippen LogP contribution < -0.4 is 14.4 Å². The Kier molecular flexibility index (Phi) is 10.9. The van der Waals surface area contributed by atoms with Gasteiger partial charge in [-0.3, -0.25) is 13.9 Å². The van der Waals surface area contributed by atoms with Crippen LogP contribution in [-0.4, -0.2) is 50.9 Å². The third-order valence-corrected chi connectivity index (χ3v) is 10.3. The van der Waals surface area contributed by atoms with Gasteiger partial charge in [0, 0.05) is 25.1 Å². The molecule has 2 amide bonds. The molecule has 4 aromatic carbocycles. The third kappa shape index (κ3) is 8.56. The predicted molar refractivity (Wildman–Crippen MR) is 180 cm³/mol. The molecular formula is C37H40FN3O5S. The molecule has 0 aromatic heterocycles. The first kappa shape index (κ1) is 33.7. The highest BCUT2D eigenvalue weighted by atomic mass is 32.2. The molecule has 1 unspecified atom stereocenters. The zero-order valence-electron chi connectivity index (χ0n) is 26.6. The van der Waals surface area contributed by atoms with Gasteiger partial charge in [-0.2, -0.15) is 0 Å². The monoisotopic (exact) mass is 657 g/mol. The number of methoxy groups -OCH3 is 1. The fourth-order valence-corrected chi connectivity index (χ4v) is 7.25. The number of ether oxygens (including phenoxy) is 1. The van der Waals surface area contributed by atoms with Crippen molar-refractivity contribution in [2.45, 2.75) is 62.6 Å². The van der Waals surface area contributed by atoms with Gasteiger partial charge in [-0.25, -0.2) is 12.8 Å². The second-order valence-corrected chi connectivity index (χ2v) is 13.7. The summed E-state index contributed by atoms with van der Waals surface area (Å²) in [5, 5.41) is 3.15. The van der Waals surface area contributed by atoms with Crippen LogP contribution in [0.1, 0.15) is 42.4 Å². The SMILES string of the molecule is COc1cccc(N(CC(=O)N(Cc2ccc(F)cc2)C(Cc2ccccc2)C(=O)NC2CCCC2)S(=O)(=O)c2ccc(C)cc2)c1. The Morgan fingerprint density at radius 3 is 2.23 bits per heavy atom. The van der Waals surface area contributed by atoms with Crippen LogP contribution in [0.5, 0.6) is 5.75 Å². The van der Waals surface area contributed by atoms with Gasteiger partial charge in [0.05, 0.1) is 17.7 Å². The number of sulfonamides is 1. The van der Waals surface area contributed by atoms with Crippen molar-refractivity contribution in [2.75, 3.05) is 18.0 Å². The van der Waals surface area contributed by atoms with Crippen molar-refractivity contribution in [2.24, 2.45) is 0 Å². The molecule has 0 aliphatic heterocycles. The van der Waals surface area contributed by atoms with E-state index in [1.165, 1.54) is 36.3 Å². The lowest BCUT2D eigenvalue weighted by atomic mass is 10.0. The summed E-state index contributed by atoms with van der Waals surface area (Å²) >= 11 is 0. The van der Waals surface area contributed by atoms with Gasteiger partial charge in [0.2, 0.25) is 11.8 Å². The van der Waals surface area contributed by atoms with Crippen LogP contribution in [-0.2, 0) is 32.6 Å². The van der Waals surface area contributed by atoms with E-state index in [9.17, 15) is 22.4 Å². The molecule has 5 rings (SSSR count). The quantitative estimate of drug-likeness (QED) is 0.189. The Hall–Kier alpha value is -4.70. The van der Waals surface area contributed by atoms with Crippen LogP contribution in [0.2, 0.25) is 0 Å². The van der Waals surface area contributed by atoms with Crippen molar-refractivity contribution in [1.82, 2.24) is 10.2 Å². The summed E-state index contributed by atoms with van der Waals surface area (Å²) in [6.07, 6.45) is 3.94. The highest BCUT2D eigenvalue weighted by Gasteiger charge is 2.35. The molecule has 0 saturated heterocycles. The number of carbonyl (C=O) groups is 2. The van der Waals surface area contributed by atoms with Crippen molar-refractivity contribution in [3.05, 3.63) is 126 Å². The van der Waals surface area contributed by atoms with E-state index in [0.717, 1.165) is 41.1 Å². The molecule has 1 aliphatic carbocycles. The predicted octanol–water partition coefficient (Wildman–Crippen LogP) is 6.04. The van der Waals surface area contributed by atoms with Gasteiger partial charge in [-0.1, -0.05) is 79.1 Å². The van der Waals surface area contributed by atoms with E-state index in [2.05, 4.69) is 5.32 Å². The number of halogens is 1. The zero-order valence-corrected chi connectivity index (χ0v) is 27.5. The molecule has 47 heavy (non-hydrogen) atoms. The summed E-state index contributed by atoms with van der Waals surface area (Å²) in [5.74, 6) is -0.916. The average molecular weight is 658 g/mol. The third-order valence-electron chi connectivity index (χ3n) is 8.47. The number of nitrogens with zero attached hydrogens (tertiary/aromatic N) is 2. The van der Waals surface area contributed by atoms with Gasteiger partial charge >= 0.3 is 0 Å². The maximum Gasteiger partial charge on any atom is 0.264 e. The topological polar surface area (TPSA) is 96.0 Å². The molecule has 10 heteroatoms. The number of carbonyl (C=O) groups excluding carboxylic acids is 2. The van der Waals surface area contributed by atoms with Gasteiger partial charge < -0.3 is 15.0 Å². The van der Waals surface area contributed by atoms with Crippen LogP contribution in [0, 0.1) is 12.7 Å². The normalized spacial score (nSPS) is 13.9. The minimum absolute atomic E-state index is 0.00116. The Balaban J connectivity index is 1.57. The highest BCUT2D eigenvalue weighted by molar-refractivity contribution is 7.92. The molecule has 0 bridgehead atoms. The summed E-state index contributed by atoms with van der Waals surface area (Å²) in [7, 11) is -2.77. The lowest BCUT2D eigenvalue weighted by Crippen LogP contribution is -2.54. The molecule has 246 valence electrons. The Morgan fingerprint density at radius 2 is 1.57 bits per heavy atom. The Labute approximate surface area is 276 Å². The number of hydrogen-bond donors (Lipinski definition) is 1. The van der Waals surface area contributed by atoms with Crippen molar-refractivity contribution >= 4 is 27.5 Å². The van der Waals surface area contributed by atoms with E-state index in [1.807, 2.05) is 37.3 Å². The van der Waals surface area contributed by atoms with Gasteiger partial charge in [-0.05, 0) is 67.3 Å². The summed E-state index contributed by atoms with van der Waals surface area (Å²) in [6.45, 7) is 1.23. The number of rotatable bonds is 13. The molecule has 1 atom stereocenters. The van der Waals surface area contributed by atoms with E-state index in [4.69, 9.17) is 4.74 Å². The van der Waals surface area contributed by atoms with E-state index >= 15 is 0 Å². The molecule has 1 N–H and O–H groups in total.